The summed E-state index contributed by atoms with van der Waals surface area (Å²) < 4.78 is 0. The van der Waals surface area contributed by atoms with Crippen molar-refractivity contribution in [3.8, 4) is 0 Å². The molecule has 1 amide bonds. The summed E-state index contributed by atoms with van der Waals surface area (Å²) in [5, 5.41) is 0. The Morgan fingerprint density at radius 2 is 1.81 bits per heavy atom. The predicted octanol–water partition coefficient (Wildman–Crippen LogP) is 2.03. The van der Waals surface area contributed by atoms with Crippen molar-refractivity contribution in [1.82, 2.24) is 14.8 Å². The SMILES string of the molecule is O=C(c1ccncc1)N1CCN([C@H]2C[C@H]3CC[C@@H]2C3)CC1. The first-order chi connectivity index (χ1) is 10.3. The van der Waals surface area contributed by atoms with E-state index in [0.717, 1.165) is 49.6 Å². The minimum absolute atomic E-state index is 0.157. The van der Waals surface area contributed by atoms with E-state index in [1.807, 2.05) is 17.0 Å². The maximum atomic E-state index is 12.4. The van der Waals surface area contributed by atoms with E-state index in [1.165, 1.54) is 25.7 Å². The van der Waals surface area contributed by atoms with E-state index >= 15 is 0 Å². The van der Waals surface area contributed by atoms with Gasteiger partial charge < -0.3 is 4.90 Å². The van der Waals surface area contributed by atoms with Crippen LogP contribution in [0, 0.1) is 11.8 Å². The summed E-state index contributed by atoms with van der Waals surface area (Å²) in [5.74, 6) is 2.10. The zero-order valence-corrected chi connectivity index (χ0v) is 12.4. The molecule has 0 N–H and O–H groups in total. The molecule has 0 aromatic carbocycles. The van der Waals surface area contributed by atoms with Gasteiger partial charge in [0.2, 0.25) is 0 Å². The number of rotatable bonds is 2. The van der Waals surface area contributed by atoms with Crippen LogP contribution in [0.25, 0.3) is 0 Å². The number of hydrogen-bond acceptors (Lipinski definition) is 3. The van der Waals surface area contributed by atoms with Crippen molar-refractivity contribution in [2.24, 2.45) is 11.8 Å². The average Bonchev–Trinajstić information content (AvgIpc) is 3.18. The highest BCUT2D eigenvalue weighted by Gasteiger charge is 2.42. The van der Waals surface area contributed by atoms with Gasteiger partial charge in [-0.05, 0) is 43.2 Å². The number of hydrogen-bond donors (Lipinski definition) is 0. The molecule has 1 aromatic rings. The Morgan fingerprint density at radius 3 is 2.43 bits per heavy atom. The topological polar surface area (TPSA) is 36.4 Å². The molecule has 2 bridgehead atoms. The molecule has 2 heterocycles. The lowest BCUT2D eigenvalue weighted by Crippen LogP contribution is -2.53. The summed E-state index contributed by atoms with van der Waals surface area (Å²) in [6, 6.07) is 4.43. The van der Waals surface area contributed by atoms with Gasteiger partial charge in [-0.1, -0.05) is 6.42 Å². The van der Waals surface area contributed by atoms with Crippen molar-refractivity contribution < 1.29 is 4.79 Å². The summed E-state index contributed by atoms with van der Waals surface area (Å²) in [6.45, 7) is 3.83. The molecule has 0 radical (unpaired) electrons. The van der Waals surface area contributed by atoms with Gasteiger partial charge in [0.1, 0.15) is 0 Å². The maximum absolute atomic E-state index is 12.4. The van der Waals surface area contributed by atoms with Crippen LogP contribution in [0.2, 0.25) is 0 Å². The first kappa shape index (κ1) is 13.3. The van der Waals surface area contributed by atoms with Gasteiger partial charge in [-0.25, -0.2) is 0 Å². The molecular weight excluding hydrogens is 262 g/mol. The van der Waals surface area contributed by atoms with Crippen molar-refractivity contribution >= 4 is 5.91 Å². The second-order valence-corrected chi connectivity index (χ2v) is 6.81. The van der Waals surface area contributed by atoms with E-state index in [4.69, 9.17) is 0 Å². The number of aromatic nitrogens is 1. The molecule has 4 heteroatoms. The molecule has 1 aliphatic heterocycles. The molecule has 112 valence electrons. The summed E-state index contributed by atoms with van der Waals surface area (Å²) in [4.78, 5) is 21.1. The number of pyridine rings is 1. The van der Waals surface area contributed by atoms with Crippen LogP contribution in [0.1, 0.15) is 36.0 Å². The summed E-state index contributed by atoms with van der Waals surface area (Å²) in [6.07, 6.45) is 9.15. The van der Waals surface area contributed by atoms with Gasteiger partial charge in [0.25, 0.3) is 5.91 Å². The maximum Gasteiger partial charge on any atom is 0.254 e. The number of carbonyl (C=O) groups is 1. The van der Waals surface area contributed by atoms with Crippen molar-refractivity contribution in [2.45, 2.75) is 31.7 Å². The standard InChI is InChI=1S/C17H23N3O/c21-17(14-3-5-18-6-4-14)20-9-7-19(8-10-20)16-12-13-1-2-15(16)11-13/h3-6,13,15-16H,1-2,7-12H2/t13-,15+,16-/m0/s1. The van der Waals surface area contributed by atoms with Crippen LogP contribution >= 0.6 is 0 Å². The van der Waals surface area contributed by atoms with Gasteiger partial charge in [0, 0.05) is 50.2 Å². The average molecular weight is 285 g/mol. The van der Waals surface area contributed by atoms with Crippen molar-refractivity contribution in [1.29, 1.82) is 0 Å². The van der Waals surface area contributed by atoms with Crippen LogP contribution in [-0.2, 0) is 0 Å². The van der Waals surface area contributed by atoms with Crippen LogP contribution in [0.3, 0.4) is 0 Å². The van der Waals surface area contributed by atoms with Crippen LogP contribution in [-0.4, -0.2) is 52.9 Å². The summed E-state index contributed by atoms with van der Waals surface area (Å²) in [7, 11) is 0. The Hall–Kier alpha value is -1.42. The van der Waals surface area contributed by atoms with Crippen LogP contribution in [0.5, 0.6) is 0 Å². The molecule has 2 saturated carbocycles. The van der Waals surface area contributed by atoms with E-state index in [-0.39, 0.29) is 5.91 Å². The van der Waals surface area contributed by atoms with Gasteiger partial charge in [0.05, 0.1) is 0 Å². The smallest absolute Gasteiger partial charge is 0.254 e. The normalized spacial score (nSPS) is 32.6. The Kier molecular flexibility index (Phi) is 3.42. The van der Waals surface area contributed by atoms with Crippen LogP contribution in [0.15, 0.2) is 24.5 Å². The second kappa shape index (κ2) is 5.41. The number of nitrogens with zero attached hydrogens (tertiary/aromatic N) is 3. The lowest BCUT2D eigenvalue weighted by molar-refractivity contribution is 0.0496. The largest absolute Gasteiger partial charge is 0.336 e. The molecule has 2 aliphatic carbocycles. The zero-order valence-electron chi connectivity index (χ0n) is 12.4. The van der Waals surface area contributed by atoms with E-state index in [0.29, 0.717) is 0 Å². The lowest BCUT2D eigenvalue weighted by Gasteiger charge is -2.41. The Labute approximate surface area is 126 Å². The van der Waals surface area contributed by atoms with E-state index in [1.54, 1.807) is 12.4 Å². The monoisotopic (exact) mass is 285 g/mol. The minimum Gasteiger partial charge on any atom is -0.336 e. The molecule has 3 atom stereocenters. The first-order valence-corrected chi connectivity index (χ1v) is 8.24. The fourth-order valence-electron chi connectivity index (χ4n) is 4.59. The van der Waals surface area contributed by atoms with E-state index in [2.05, 4.69) is 9.88 Å². The molecule has 0 unspecified atom stereocenters. The zero-order chi connectivity index (χ0) is 14.2. The Morgan fingerprint density at radius 1 is 1.05 bits per heavy atom. The third-order valence-corrected chi connectivity index (χ3v) is 5.70. The molecule has 3 aliphatic rings. The molecular formula is C17H23N3O. The Balaban J connectivity index is 1.36. The Bertz CT molecular complexity index is 510. The fourth-order valence-corrected chi connectivity index (χ4v) is 4.59. The molecule has 3 fully saturated rings. The van der Waals surface area contributed by atoms with E-state index in [9.17, 15) is 4.79 Å². The van der Waals surface area contributed by atoms with Crippen molar-refractivity contribution in [2.75, 3.05) is 26.2 Å². The highest BCUT2D eigenvalue weighted by Crippen LogP contribution is 2.46. The molecule has 1 saturated heterocycles. The van der Waals surface area contributed by atoms with Gasteiger partial charge in [-0.2, -0.15) is 0 Å². The van der Waals surface area contributed by atoms with Gasteiger partial charge in [0.15, 0.2) is 0 Å². The number of piperazine rings is 1. The fraction of sp³-hybridized carbons (Fsp3) is 0.647. The molecule has 4 nitrogen and oxygen atoms in total. The van der Waals surface area contributed by atoms with Crippen molar-refractivity contribution in [3.63, 3.8) is 0 Å². The quantitative estimate of drug-likeness (QED) is 0.834. The van der Waals surface area contributed by atoms with Gasteiger partial charge in [-0.3, -0.25) is 14.7 Å². The molecule has 0 spiro atoms. The van der Waals surface area contributed by atoms with Crippen molar-refractivity contribution in [3.05, 3.63) is 30.1 Å². The van der Waals surface area contributed by atoms with E-state index < -0.39 is 0 Å². The predicted molar refractivity (Wildman–Crippen MR) is 80.9 cm³/mol. The van der Waals surface area contributed by atoms with Crippen LogP contribution < -0.4 is 0 Å². The third-order valence-electron chi connectivity index (χ3n) is 5.70. The number of carbonyl (C=O) groups excluding carboxylic acids is 1. The first-order valence-electron chi connectivity index (χ1n) is 8.24. The molecule has 21 heavy (non-hydrogen) atoms. The van der Waals surface area contributed by atoms with Gasteiger partial charge in [-0.15, -0.1) is 0 Å². The second-order valence-electron chi connectivity index (χ2n) is 6.81. The highest BCUT2D eigenvalue weighted by molar-refractivity contribution is 5.94. The summed E-state index contributed by atoms with van der Waals surface area (Å²) in [5.41, 5.74) is 0.762. The third kappa shape index (κ3) is 2.46. The number of amides is 1. The van der Waals surface area contributed by atoms with Gasteiger partial charge >= 0.3 is 0 Å². The minimum atomic E-state index is 0.157. The van der Waals surface area contributed by atoms with Crippen LogP contribution in [0.4, 0.5) is 0 Å². The summed E-state index contributed by atoms with van der Waals surface area (Å²) >= 11 is 0. The molecule has 1 aromatic heterocycles. The lowest BCUT2D eigenvalue weighted by atomic mass is 9.93. The number of fused-ring (bicyclic) bond motifs is 2. The highest BCUT2D eigenvalue weighted by atomic mass is 16.2. The molecule has 4 rings (SSSR count).